The maximum Gasteiger partial charge on any atom is 0.130 e. The smallest absolute Gasteiger partial charge is 0.130 e. The number of hydrogen-bond donors (Lipinski definition) is 0. The molecule has 1 aromatic carbocycles. The molecule has 1 aromatic heterocycles. The summed E-state index contributed by atoms with van der Waals surface area (Å²) in [6, 6.07) is 6.12. The minimum Gasteiger partial charge on any atom is -0.488 e. The van der Waals surface area contributed by atoms with Crippen LogP contribution in [-0.4, -0.2) is 5.16 Å². The summed E-state index contributed by atoms with van der Waals surface area (Å²) >= 11 is 0. The Morgan fingerprint density at radius 1 is 1.33 bits per heavy atom. The van der Waals surface area contributed by atoms with Gasteiger partial charge in [0, 0.05) is 5.56 Å². The van der Waals surface area contributed by atoms with Gasteiger partial charge in [-0.25, -0.2) is 0 Å². The Bertz CT molecular complexity index is 435. The molecule has 3 heteroatoms. The lowest BCUT2D eigenvalue weighted by atomic mass is 10.1. The lowest BCUT2D eigenvalue weighted by Crippen LogP contribution is -1.95. The first kappa shape index (κ1) is 9.77. The molecule has 2 rings (SSSR count). The van der Waals surface area contributed by atoms with E-state index in [1.807, 2.05) is 19.1 Å². The van der Waals surface area contributed by atoms with Crippen LogP contribution in [0, 0.1) is 13.8 Å². The zero-order valence-corrected chi connectivity index (χ0v) is 8.86. The van der Waals surface area contributed by atoms with Gasteiger partial charge in [-0.2, -0.15) is 0 Å². The molecule has 3 nitrogen and oxygen atoms in total. The van der Waals surface area contributed by atoms with Crippen molar-refractivity contribution in [3.8, 4) is 5.75 Å². The molecule has 2 aromatic rings. The Labute approximate surface area is 88.7 Å². The summed E-state index contributed by atoms with van der Waals surface area (Å²) in [7, 11) is 0. The van der Waals surface area contributed by atoms with Crippen molar-refractivity contribution in [3.05, 3.63) is 47.3 Å². The van der Waals surface area contributed by atoms with Gasteiger partial charge in [-0.05, 0) is 25.5 Å². The van der Waals surface area contributed by atoms with Crippen LogP contribution in [0.2, 0.25) is 0 Å². The first-order valence-electron chi connectivity index (χ1n) is 4.84. The fourth-order valence-corrected chi connectivity index (χ4v) is 1.42. The van der Waals surface area contributed by atoms with E-state index < -0.39 is 0 Å². The Balaban J connectivity index is 2.05. The number of hydrogen-bond acceptors (Lipinski definition) is 3. The number of nitrogens with zero attached hydrogens (tertiary/aromatic N) is 1. The SMILES string of the molecule is Cc1ccc(OCc2cnoc2)c(C)c1. The molecule has 0 saturated carbocycles. The maximum absolute atomic E-state index is 5.64. The third-order valence-electron chi connectivity index (χ3n) is 2.21. The van der Waals surface area contributed by atoms with Crippen molar-refractivity contribution in [2.24, 2.45) is 0 Å². The zero-order valence-electron chi connectivity index (χ0n) is 8.86. The third kappa shape index (κ3) is 2.37. The lowest BCUT2D eigenvalue weighted by Gasteiger charge is -2.07. The summed E-state index contributed by atoms with van der Waals surface area (Å²) in [6.07, 6.45) is 3.24. The first-order chi connectivity index (χ1) is 7.25. The van der Waals surface area contributed by atoms with Crippen molar-refractivity contribution >= 4 is 0 Å². The summed E-state index contributed by atoms with van der Waals surface area (Å²) in [4.78, 5) is 0. The Morgan fingerprint density at radius 2 is 2.20 bits per heavy atom. The van der Waals surface area contributed by atoms with E-state index in [4.69, 9.17) is 9.26 Å². The van der Waals surface area contributed by atoms with Crippen molar-refractivity contribution in [2.75, 3.05) is 0 Å². The van der Waals surface area contributed by atoms with Gasteiger partial charge in [0.05, 0.1) is 6.20 Å². The van der Waals surface area contributed by atoms with E-state index in [0.717, 1.165) is 16.9 Å². The van der Waals surface area contributed by atoms with E-state index in [1.165, 1.54) is 5.56 Å². The monoisotopic (exact) mass is 203 g/mol. The fourth-order valence-electron chi connectivity index (χ4n) is 1.42. The molecule has 0 aliphatic heterocycles. The molecule has 0 saturated heterocycles. The molecule has 0 bridgehead atoms. The van der Waals surface area contributed by atoms with Crippen LogP contribution in [-0.2, 0) is 6.61 Å². The van der Waals surface area contributed by atoms with Crippen LogP contribution in [0.15, 0.2) is 35.2 Å². The summed E-state index contributed by atoms with van der Waals surface area (Å²) < 4.78 is 10.4. The highest BCUT2D eigenvalue weighted by Crippen LogP contribution is 2.19. The molecule has 0 aliphatic rings. The van der Waals surface area contributed by atoms with Gasteiger partial charge in [0.15, 0.2) is 0 Å². The third-order valence-corrected chi connectivity index (χ3v) is 2.21. The van der Waals surface area contributed by atoms with Crippen LogP contribution in [0.1, 0.15) is 16.7 Å². The quantitative estimate of drug-likeness (QED) is 0.769. The summed E-state index contributed by atoms with van der Waals surface area (Å²) in [5.41, 5.74) is 3.33. The van der Waals surface area contributed by atoms with Crippen LogP contribution < -0.4 is 4.74 Å². The second-order valence-corrected chi connectivity index (χ2v) is 3.59. The van der Waals surface area contributed by atoms with Gasteiger partial charge in [-0.1, -0.05) is 22.9 Å². The predicted molar refractivity (Wildman–Crippen MR) is 56.8 cm³/mol. The molecule has 0 amide bonds. The fraction of sp³-hybridized carbons (Fsp3) is 0.250. The summed E-state index contributed by atoms with van der Waals surface area (Å²) in [5.74, 6) is 0.904. The minimum atomic E-state index is 0.493. The Morgan fingerprint density at radius 3 is 2.87 bits per heavy atom. The van der Waals surface area contributed by atoms with E-state index in [2.05, 4.69) is 18.1 Å². The highest BCUT2D eigenvalue weighted by Gasteiger charge is 2.01. The minimum absolute atomic E-state index is 0.493. The number of aromatic nitrogens is 1. The molecular formula is C12H13NO2. The topological polar surface area (TPSA) is 35.3 Å². The Hall–Kier alpha value is -1.77. The van der Waals surface area contributed by atoms with Crippen molar-refractivity contribution in [1.82, 2.24) is 5.16 Å². The molecule has 0 aliphatic carbocycles. The van der Waals surface area contributed by atoms with Crippen molar-refractivity contribution < 1.29 is 9.26 Å². The van der Waals surface area contributed by atoms with Gasteiger partial charge < -0.3 is 9.26 Å². The van der Waals surface area contributed by atoms with Crippen LogP contribution in [0.3, 0.4) is 0 Å². The summed E-state index contributed by atoms with van der Waals surface area (Å²) in [5, 5.41) is 3.62. The molecule has 0 atom stereocenters. The van der Waals surface area contributed by atoms with E-state index >= 15 is 0 Å². The van der Waals surface area contributed by atoms with Crippen LogP contribution in [0.4, 0.5) is 0 Å². The predicted octanol–water partition coefficient (Wildman–Crippen LogP) is 2.87. The van der Waals surface area contributed by atoms with Crippen molar-refractivity contribution in [1.29, 1.82) is 0 Å². The molecule has 1 heterocycles. The average molecular weight is 203 g/mol. The van der Waals surface area contributed by atoms with Crippen molar-refractivity contribution in [3.63, 3.8) is 0 Å². The van der Waals surface area contributed by atoms with Gasteiger partial charge in [0.2, 0.25) is 0 Å². The Kier molecular flexibility index (Phi) is 2.72. The molecule has 78 valence electrons. The molecule has 0 radical (unpaired) electrons. The standard InChI is InChI=1S/C12H13NO2/c1-9-3-4-12(10(2)5-9)14-7-11-6-13-15-8-11/h3-6,8H,7H2,1-2H3. The second kappa shape index (κ2) is 4.17. The number of aryl methyl sites for hydroxylation is 2. The lowest BCUT2D eigenvalue weighted by molar-refractivity contribution is 0.302. The van der Waals surface area contributed by atoms with Gasteiger partial charge in [0.25, 0.3) is 0 Å². The highest BCUT2D eigenvalue weighted by atomic mass is 16.5. The number of ether oxygens (including phenoxy) is 1. The van der Waals surface area contributed by atoms with E-state index in [1.54, 1.807) is 12.5 Å². The van der Waals surface area contributed by atoms with Gasteiger partial charge in [-0.15, -0.1) is 0 Å². The highest BCUT2D eigenvalue weighted by molar-refractivity contribution is 5.35. The van der Waals surface area contributed by atoms with E-state index in [-0.39, 0.29) is 0 Å². The molecule has 15 heavy (non-hydrogen) atoms. The van der Waals surface area contributed by atoms with Gasteiger partial charge >= 0.3 is 0 Å². The molecular weight excluding hydrogens is 190 g/mol. The molecule has 0 N–H and O–H groups in total. The molecule has 0 fully saturated rings. The van der Waals surface area contributed by atoms with Gasteiger partial charge in [0.1, 0.15) is 18.6 Å². The molecule has 0 unspecified atom stereocenters. The van der Waals surface area contributed by atoms with Crippen LogP contribution >= 0.6 is 0 Å². The van der Waals surface area contributed by atoms with Crippen LogP contribution in [0.25, 0.3) is 0 Å². The largest absolute Gasteiger partial charge is 0.488 e. The maximum atomic E-state index is 5.64. The van der Waals surface area contributed by atoms with E-state index in [0.29, 0.717) is 6.61 Å². The zero-order chi connectivity index (χ0) is 10.7. The second-order valence-electron chi connectivity index (χ2n) is 3.59. The number of rotatable bonds is 3. The molecule has 0 spiro atoms. The normalized spacial score (nSPS) is 10.3. The van der Waals surface area contributed by atoms with Gasteiger partial charge in [-0.3, -0.25) is 0 Å². The van der Waals surface area contributed by atoms with E-state index in [9.17, 15) is 0 Å². The average Bonchev–Trinajstić information content (AvgIpc) is 2.69. The summed E-state index contributed by atoms with van der Waals surface area (Å²) in [6.45, 7) is 4.60. The number of benzene rings is 1. The van der Waals surface area contributed by atoms with Crippen LogP contribution in [0.5, 0.6) is 5.75 Å². The first-order valence-corrected chi connectivity index (χ1v) is 4.84. The van der Waals surface area contributed by atoms with Crippen molar-refractivity contribution in [2.45, 2.75) is 20.5 Å².